The quantitative estimate of drug-likeness (QED) is 0.693. The van der Waals surface area contributed by atoms with Gasteiger partial charge < -0.3 is 16.0 Å². The Kier molecular flexibility index (Phi) is 5.25. The lowest BCUT2D eigenvalue weighted by Crippen LogP contribution is -2.45. The summed E-state index contributed by atoms with van der Waals surface area (Å²) in [5, 5.41) is 2.50. The van der Waals surface area contributed by atoms with E-state index < -0.39 is 0 Å². The van der Waals surface area contributed by atoms with Gasteiger partial charge in [-0.05, 0) is 18.8 Å². The molecule has 92 valence electrons. The highest BCUT2D eigenvalue weighted by molar-refractivity contribution is 5.85. The smallest absolute Gasteiger partial charge is 0.241 e. The second-order valence-electron chi connectivity index (χ2n) is 4.21. The number of likely N-dealkylation sites (tertiary alicyclic amines) is 1. The van der Waals surface area contributed by atoms with Gasteiger partial charge in [0.25, 0.3) is 0 Å². The van der Waals surface area contributed by atoms with Crippen LogP contribution in [-0.2, 0) is 9.59 Å². The Morgan fingerprint density at radius 3 is 2.50 bits per heavy atom. The summed E-state index contributed by atoms with van der Waals surface area (Å²) in [6.07, 6.45) is 3.34. The van der Waals surface area contributed by atoms with Crippen molar-refractivity contribution in [3.63, 3.8) is 0 Å². The maximum absolute atomic E-state index is 11.7. The van der Waals surface area contributed by atoms with Crippen LogP contribution >= 0.6 is 0 Å². The van der Waals surface area contributed by atoms with E-state index in [9.17, 15) is 9.59 Å². The molecule has 0 aromatic rings. The van der Waals surface area contributed by atoms with E-state index in [0.29, 0.717) is 0 Å². The number of carbonyl (C=O) groups excluding carboxylic acids is 2. The summed E-state index contributed by atoms with van der Waals surface area (Å²) in [5.74, 6) is 0.468. The molecule has 2 amide bonds. The molecular formula is C11H21N3O2. The summed E-state index contributed by atoms with van der Waals surface area (Å²) in [7, 11) is 0. The highest BCUT2D eigenvalue weighted by Crippen LogP contribution is 2.19. The van der Waals surface area contributed by atoms with E-state index in [1.807, 2.05) is 4.90 Å². The second kappa shape index (κ2) is 6.48. The predicted molar refractivity (Wildman–Crippen MR) is 61.7 cm³/mol. The van der Waals surface area contributed by atoms with E-state index in [4.69, 9.17) is 5.73 Å². The van der Waals surface area contributed by atoms with Crippen LogP contribution in [0.2, 0.25) is 0 Å². The molecule has 16 heavy (non-hydrogen) atoms. The minimum absolute atomic E-state index is 0.00338. The number of hydrogen-bond donors (Lipinski definition) is 2. The van der Waals surface area contributed by atoms with Crippen molar-refractivity contribution in [2.24, 2.45) is 11.7 Å². The molecule has 0 aromatic carbocycles. The molecule has 1 rings (SSSR count). The Bertz CT molecular complexity index is 248. The third-order valence-electron chi connectivity index (χ3n) is 3.17. The second-order valence-corrected chi connectivity index (χ2v) is 4.21. The average molecular weight is 227 g/mol. The van der Waals surface area contributed by atoms with Crippen molar-refractivity contribution in [3.05, 3.63) is 0 Å². The van der Waals surface area contributed by atoms with Crippen molar-refractivity contribution in [1.29, 1.82) is 0 Å². The van der Waals surface area contributed by atoms with Gasteiger partial charge in [-0.25, -0.2) is 0 Å². The Balaban J connectivity index is 2.25. The van der Waals surface area contributed by atoms with Crippen LogP contribution in [0, 0.1) is 5.92 Å². The first-order valence-corrected chi connectivity index (χ1v) is 5.92. The van der Waals surface area contributed by atoms with Crippen LogP contribution in [0.15, 0.2) is 0 Å². The van der Waals surface area contributed by atoms with Crippen molar-refractivity contribution in [3.8, 4) is 0 Å². The van der Waals surface area contributed by atoms with Gasteiger partial charge in [-0.2, -0.15) is 0 Å². The molecule has 3 N–H and O–H groups in total. The van der Waals surface area contributed by atoms with Crippen LogP contribution in [0.1, 0.15) is 26.2 Å². The largest absolute Gasteiger partial charge is 0.346 e. The van der Waals surface area contributed by atoms with Gasteiger partial charge in [0.05, 0.1) is 13.1 Å². The molecule has 5 nitrogen and oxygen atoms in total. The molecule has 1 aliphatic heterocycles. The van der Waals surface area contributed by atoms with Gasteiger partial charge in [0.1, 0.15) is 0 Å². The van der Waals surface area contributed by atoms with E-state index in [-0.39, 0.29) is 24.9 Å². The number of rotatable bonds is 4. The summed E-state index contributed by atoms with van der Waals surface area (Å²) in [4.78, 5) is 24.4. The first kappa shape index (κ1) is 13.0. The van der Waals surface area contributed by atoms with Crippen molar-refractivity contribution in [2.75, 3.05) is 26.2 Å². The zero-order valence-corrected chi connectivity index (χ0v) is 9.87. The normalized spacial score (nSPS) is 17.2. The SMILES string of the molecule is CCC1CCN(C(=O)CNC(=O)CN)CC1. The van der Waals surface area contributed by atoms with E-state index in [2.05, 4.69) is 12.2 Å². The zero-order chi connectivity index (χ0) is 12.0. The molecule has 1 aliphatic rings. The van der Waals surface area contributed by atoms with Crippen molar-refractivity contribution >= 4 is 11.8 Å². The summed E-state index contributed by atoms with van der Waals surface area (Å²) >= 11 is 0. The predicted octanol–water partition coefficient (Wildman–Crippen LogP) is -0.290. The molecule has 0 aliphatic carbocycles. The molecule has 0 unspecified atom stereocenters. The molecule has 0 aromatic heterocycles. The average Bonchev–Trinajstić information content (AvgIpc) is 2.35. The van der Waals surface area contributed by atoms with Gasteiger partial charge in [-0.15, -0.1) is 0 Å². The molecular weight excluding hydrogens is 206 g/mol. The fourth-order valence-electron chi connectivity index (χ4n) is 1.95. The van der Waals surface area contributed by atoms with Gasteiger partial charge in [0.15, 0.2) is 0 Å². The molecule has 0 atom stereocenters. The van der Waals surface area contributed by atoms with Crippen LogP contribution in [-0.4, -0.2) is 42.9 Å². The third-order valence-corrected chi connectivity index (χ3v) is 3.17. The molecule has 1 saturated heterocycles. The molecule has 5 heteroatoms. The number of carbonyl (C=O) groups is 2. The van der Waals surface area contributed by atoms with Crippen LogP contribution in [0.3, 0.4) is 0 Å². The summed E-state index contributed by atoms with van der Waals surface area (Å²) < 4.78 is 0. The molecule has 0 spiro atoms. The number of nitrogens with zero attached hydrogens (tertiary/aromatic N) is 1. The van der Waals surface area contributed by atoms with E-state index >= 15 is 0 Å². The molecule has 1 heterocycles. The van der Waals surface area contributed by atoms with Gasteiger partial charge >= 0.3 is 0 Å². The first-order valence-electron chi connectivity index (χ1n) is 5.92. The fraction of sp³-hybridized carbons (Fsp3) is 0.818. The first-order chi connectivity index (χ1) is 7.67. The number of amides is 2. The maximum atomic E-state index is 11.7. The van der Waals surface area contributed by atoms with Crippen molar-refractivity contribution < 1.29 is 9.59 Å². The van der Waals surface area contributed by atoms with Crippen molar-refractivity contribution in [1.82, 2.24) is 10.2 Å². The Labute approximate surface area is 96.4 Å². The highest BCUT2D eigenvalue weighted by Gasteiger charge is 2.21. The van der Waals surface area contributed by atoms with Crippen LogP contribution in [0.25, 0.3) is 0 Å². The standard InChI is InChI=1S/C11H21N3O2/c1-2-9-3-5-14(6-4-9)11(16)8-13-10(15)7-12/h9H,2-8,12H2,1H3,(H,13,15). The lowest BCUT2D eigenvalue weighted by molar-refractivity contribution is -0.133. The third kappa shape index (κ3) is 3.81. The van der Waals surface area contributed by atoms with E-state index in [1.54, 1.807) is 0 Å². The Morgan fingerprint density at radius 2 is 2.00 bits per heavy atom. The van der Waals surface area contributed by atoms with Gasteiger partial charge in [0, 0.05) is 13.1 Å². The van der Waals surface area contributed by atoms with E-state index in [1.165, 1.54) is 6.42 Å². The maximum Gasteiger partial charge on any atom is 0.241 e. The Morgan fingerprint density at radius 1 is 1.38 bits per heavy atom. The molecule has 0 saturated carbocycles. The topological polar surface area (TPSA) is 75.4 Å². The van der Waals surface area contributed by atoms with Crippen LogP contribution < -0.4 is 11.1 Å². The lowest BCUT2D eigenvalue weighted by atomic mass is 9.94. The van der Waals surface area contributed by atoms with Gasteiger partial charge in [-0.3, -0.25) is 9.59 Å². The van der Waals surface area contributed by atoms with Crippen molar-refractivity contribution in [2.45, 2.75) is 26.2 Å². The molecule has 1 fully saturated rings. The monoisotopic (exact) mass is 227 g/mol. The number of piperidine rings is 1. The van der Waals surface area contributed by atoms with E-state index in [0.717, 1.165) is 31.8 Å². The minimum Gasteiger partial charge on any atom is -0.346 e. The van der Waals surface area contributed by atoms with Crippen LogP contribution in [0.5, 0.6) is 0 Å². The number of nitrogens with two attached hydrogens (primary N) is 1. The fourth-order valence-corrected chi connectivity index (χ4v) is 1.95. The molecule has 0 bridgehead atoms. The highest BCUT2D eigenvalue weighted by atomic mass is 16.2. The van der Waals surface area contributed by atoms with Crippen LogP contribution in [0.4, 0.5) is 0 Å². The minimum atomic E-state index is -0.281. The summed E-state index contributed by atoms with van der Waals surface area (Å²) in [6, 6.07) is 0. The lowest BCUT2D eigenvalue weighted by Gasteiger charge is -2.31. The molecule has 0 radical (unpaired) electrons. The van der Waals surface area contributed by atoms with Gasteiger partial charge in [-0.1, -0.05) is 13.3 Å². The van der Waals surface area contributed by atoms with Gasteiger partial charge in [0.2, 0.25) is 11.8 Å². The Hall–Kier alpha value is -1.10. The summed E-state index contributed by atoms with van der Waals surface area (Å²) in [5.41, 5.74) is 5.14. The zero-order valence-electron chi connectivity index (χ0n) is 9.87. The number of hydrogen-bond acceptors (Lipinski definition) is 3. The number of nitrogens with one attached hydrogen (secondary N) is 1. The summed E-state index contributed by atoms with van der Waals surface area (Å²) in [6.45, 7) is 3.83.